The zero-order valence-corrected chi connectivity index (χ0v) is 9.82. The number of hydrogen-bond acceptors (Lipinski definition) is 1. The molecule has 0 N–H and O–H groups in total. The first-order chi connectivity index (χ1) is 7.61. The Labute approximate surface area is 95.5 Å². The van der Waals surface area contributed by atoms with Crippen molar-refractivity contribution < 1.29 is 4.79 Å². The standard InChI is InChI=1S/C14H15NO/c1-10-4-5-11(2)14(6-10)12-7-13(9-16)15(3)8-12/h4-9H,1-3H3. The molecule has 0 aliphatic rings. The number of nitrogens with zero attached hydrogens (tertiary/aromatic N) is 1. The molecule has 2 heteroatoms. The molecular weight excluding hydrogens is 198 g/mol. The van der Waals surface area contributed by atoms with E-state index in [1.54, 1.807) is 0 Å². The van der Waals surface area contributed by atoms with E-state index < -0.39 is 0 Å². The van der Waals surface area contributed by atoms with E-state index in [1.165, 1.54) is 16.7 Å². The normalized spacial score (nSPS) is 10.4. The maximum absolute atomic E-state index is 10.8. The summed E-state index contributed by atoms with van der Waals surface area (Å²) in [6, 6.07) is 8.29. The third-order valence-corrected chi connectivity index (χ3v) is 2.87. The molecule has 2 aromatic rings. The van der Waals surface area contributed by atoms with E-state index in [2.05, 4.69) is 32.0 Å². The summed E-state index contributed by atoms with van der Waals surface area (Å²) < 4.78 is 1.85. The second kappa shape index (κ2) is 3.97. The van der Waals surface area contributed by atoms with Gasteiger partial charge in [-0.25, -0.2) is 0 Å². The Balaban J connectivity index is 2.57. The molecule has 16 heavy (non-hydrogen) atoms. The number of carbonyl (C=O) groups is 1. The van der Waals surface area contributed by atoms with Crippen molar-refractivity contribution in [3.8, 4) is 11.1 Å². The molecular formula is C14H15NO. The van der Waals surface area contributed by atoms with Gasteiger partial charge in [0.25, 0.3) is 0 Å². The molecule has 2 rings (SSSR count). The molecule has 0 fully saturated rings. The van der Waals surface area contributed by atoms with Crippen LogP contribution in [0.25, 0.3) is 11.1 Å². The third kappa shape index (κ3) is 1.78. The van der Waals surface area contributed by atoms with Crippen LogP contribution in [0, 0.1) is 13.8 Å². The van der Waals surface area contributed by atoms with Gasteiger partial charge in [0.2, 0.25) is 0 Å². The maximum Gasteiger partial charge on any atom is 0.166 e. The van der Waals surface area contributed by atoms with Crippen molar-refractivity contribution in [3.63, 3.8) is 0 Å². The third-order valence-electron chi connectivity index (χ3n) is 2.87. The molecule has 2 nitrogen and oxygen atoms in total. The first-order valence-electron chi connectivity index (χ1n) is 5.31. The van der Waals surface area contributed by atoms with Gasteiger partial charge in [-0.15, -0.1) is 0 Å². The van der Waals surface area contributed by atoms with Gasteiger partial charge in [0, 0.05) is 18.8 Å². The van der Waals surface area contributed by atoms with E-state index in [-0.39, 0.29) is 0 Å². The van der Waals surface area contributed by atoms with Crippen LogP contribution in [0.5, 0.6) is 0 Å². The quantitative estimate of drug-likeness (QED) is 0.702. The van der Waals surface area contributed by atoms with E-state index in [9.17, 15) is 4.79 Å². The van der Waals surface area contributed by atoms with Crippen LogP contribution in [0.1, 0.15) is 21.6 Å². The minimum absolute atomic E-state index is 0.705. The van der Waals surface area contributed by atoms with Crippen molar-refractivity contribution >= 4 is 6.29 Å². The predicted octanol–water partition coefficient (Wildman–Crippen LogP) is 3.12. The van der Waals surface area contributed by atoms with Crippen molar-refractivity contribution in [3.05, 3.63) is 47.3 Å². The van der Waals surface area contributed by atoms with E-state index in [0.29, 0.717) is 5.69 Å². The summed E-state index contributed by atoms with van der Waals surface area (Å²) >= 11 is 0. The van der Waals surface area contributed by atoms with Crippen LogP contribution in [0.4, 0.5) is 0 Å². The van der Waals surface area contributed by atoms with Gasteiger partial charge in [0.05, 0.1) is 5.69 Å². The van der Waals surface area contributed by atoms with E-state index >= 15 is 0 Å². The Morgan fingerprint density at radius 2 is 1.94 bits per heavy atom. The van der Waals surface area contributed by atoms with Gasteiger partial charge in [-0.2, -0.15) is 0 Å². The monoisotopic (exact) mass is 213 g/mol. The number of hydrogen-bond donors (Lipinski definition) is 0. The smallest absolute Gasteiger partial charge is 0.166 e. The highest BCUT2D eigenvalue weighted by molar-refractivity contribution is 5.78. The SMILES string of the molecule is Cc1ccc(C)c(-c2cc(C=O)n(C)c2)c1. The van der Waals surface area contributed by atoms with Gasteiger partial charge in [0.15, 0.2) is 6.29 Å². The van der Waals surface area contributed by atoms with Crippen LogP contribution in [0.2, 0.25) is 0 Å². The van der Waals surface area contributed by atoms with E-state index in [4.69, 9.17) is 0 Å². The lowest BCUT2D eigenvalue weighted by Crippen LogP contribution is -1.90. The number of rotatable bonds is 2. The fraction of sp³-hybridized carbons (Fsp3) is 0.214. The molecule has 1 aromatic carbocycles. The molecule has 0 spiro atoms. The summed E-state index contributed by atoms with van der Waals surface area (Å²) in [7, 11) is 1.89. The number of carbonyl (C=O) groups excluding carboxylic acids is 1. The highest BCUT2D eigenvalue weighted by atomic mass is 16.1. The Hall–Kier alpha value is -1.83. The molecule has 0 bridgehead atoms. The van der Waals surface area contributed by atoms with Gasteiger partial charge >= 0.3 is 0 Å². The lowest BCUT2D eigenvalue weighted by molar-refractivity contribution is 0.111. The summed E-state index contributed by atoms with van der Waals surface area (Å²) in [5.74, 6) is 0. The van der Waals surface area contributed by atoms with Crippen LogP contribution in [0.3, 0.4) is 0 Å². The van der Waals surface area contributed by atoms with Crippen molar-refractivity contribution in [1.29, 1.82) is 0 Å². The number of aryl methyl sites for hydroxylation is 3. The second-order valence-electron chi connectivity index (χ2n) is 4.20. The molecule has 0 aliphatic carbocycles. The Bertz CT molecular complexity index is 538. The first-order valence-corrected chi connectivity index (χ1v) is 5.31. The van der Waals surface area contributed by atoms with Crippen LogP contribution in [-0.4, -0.2) is 10.9 Å². The zero-order chi connectivity index (χ0) is 11.7. The molecule has 0 atom stereocenters. The summed E-state index contributed by atoms with van der Waals surface area (Å²) in [6.07, 6.45) is 2.88. The lowest BCUT2D eigenvalue weighted by atomic mass is 10.0. The highest BCUT2D eigenvalue weighted by Crippen LogP contribution is 2.25. The predicted molar refractivity (Wildman–Crippen MR) is 65.7 cm³/mol. The van der Waals surface area contributed by atoms with Crippen LogP contribution < -0.4 is 0 Å². The summed E-state index contributed by atoms with van der Waals surface area (Å²) in [5.41, 5.74) is 5.47. The zero-order valence-electron chi connectivity index (χ0n) is 9.82. The van der Waals surface area contributed by atoms with Crippen LogP contribution in [-0.2, 0) is 7.05 Å². The fourth-order valence-electron chi connectivity index (χ4n) is 1.89. The minimum atomic E-state index is 0.705. The Kier molecular flexibility index (Phi) is 2.65. The molecule has 0 saturated heterocycles. The number of aromatic nitrogens is 1. The molecule has 0 unspecified atom stereocenters. The van der Waals surface area contributed by atoms with Gasteiger partial charge in [0.1, 0.15) is 0 Å². The molecule has 0 amide bonds. The van der Waals surface area contributed by atoms with Gasteiger partial charge in [-0.05, 0) is 31.0 Å². The average molecular weight is 213 g/mol. The van der Waals surface area contributed by atoms with Gasteiger partial charge < -0.3 is 4.57 Å². The van der Waals surface area contributed by atoms with Crippen molar-refractivity contribution in [2.24, 2.45) is 7.05 Å². The molecule has 1 heterocycles. The Morgan fingerprint density at radius 1 is 1.19 bits per heavy atom. The molecule has 82 valence electrons. The minimum Gasteiger partial charge on any atom is -0.348 e. The summed E-state index contributed by atoms with van der Waals surface area (Å²) in [6.45, 7) is 4.16. The van der Waals surface area contributed by atoms with Crippen molar-refractivity contribution in [1.82, 2.24) is 4.57 Å². The summed E-state index contributed by atoms with van der Waals surface area (Å²) in [4.78, 5) is 10.8. The Morgan fingerprint density at radius 3 is 2.56 bits per heavy atom. The molecule has 0 aliphatic heterocycles. The second-order valence-corrected chi connectivity index (χ2v) is 4.20. The summed E-state index contributed by atoms with van der Waals surface area (Å²) in [5, 5.41) is 0. The largest absolute Gasteiger partial charge is 0.348 e. The van der Waals surface area contributed by atoms with Gasteiger partial charge in [-0.3, -0.25) is 4.79 Å². The van der Waals surface area contributed by atoms with Crippen LogP contribution >= 0.6 is 0 Å². The average Bonchev–Trinajstić information content (AvgIpc) is 2.63. The van der Waals surface area contributed by atoms with E-state index in [0.717, 1.165) is 11.8 Å². The van der Waals surface area contributed by atoms with Crippen molar-refractivity contribution in [2.45, 2.75) is 13.8 Å². The first kappa shape index (κ1) is 10.7. The highest BCUT2D eigenvalue weighted by Gasteiger charge is 2.06. The van der Waals surface area contributed by atoms with E-state index in [1.807, 2.05) is 23.9 Å². The van der Waals surface area contributed by atoms with Crippen molar-refractivity contribution in [2.75, 3.05) is 0 Å². The molecule has 0 radical (unpaired) electrons. The molecule has 1 aromatic heterocycles. The van der Waals surface area contributed by atoms with Crippen LogP contribution in [0.15, 0.2) is 30.5 Å². The number of benzene rings is 1. The maximum atomic E-state index is 10.8. The number of aldehydes is 1. The molecule has 0 saturated carbocycles. The topological polar surface area (TPSA) is 22.0 Å². The lowest BCUT2D eigenvalue weighted by Gasteiger charge is -2.04. The van der Waals surface area contributed by atoms with Gasteiger partial charge in [-0.1, -0.05) is 23.8 Å². The fourth-order valence-corrected chi connectivity index (χ4v) is 1.89.